The molecule has 2 amide bonds. The number of hydrogen-bond acceptors (Lipinski definition) is 6. The molecule has 2 aliphatic rings. The number of nitrogens with zero attached hydrogens (tertiary/aromatic N) is 2. The number of nitrogens with one attached hydrogen (secondary N) is 1. The van der Waals surface area contributed by atoms with Crippen LogP contribution in [0.1, 0.15) is 43.7 Å². The van der Waals surface area contributed by atoms with Crippen LogP contribution in [0.2, 0.25) is 0 Å². The first-order valence-electron chi connectivity index (χ1n) is 10.7. The Balaban J connectivity index is 1.39. The zero-order valence-electron chi connectivity index (χ0n) is 16.9. The summed E-state index contributed by atoms with van der Waals surface area (Å²) in [6.07, 6.45) is 4.64. The van der Waals surface area contributed by atoms with Gasteiger partial charge in [-0.3, -0.25) is 19.8 Å². The van der Waals surface area contributed by atoms with Crippen LogP contribution in [0.4, 0.5) is 0 Å². The van der Waals surface area contributed by atoms with E-state index in [4.69, 9.17) is 9.26 Å². The second kappa shape index (κ2) is 8.07. The van der Waals surface area contributed by atoms with Crippen LogP contribution in [0, 0.1) is 0 Å². The summed E-state index contributed by atoms with van der Waals surface area (Å²) in [5.41, 5.74) is 1.24. The number of likely N-dealkylation sites (tertiary alicyclic amines) is 1. The fraction of sp³-hybridized carbons (Fsp3) is 0.435. The van der Waals surface area contributed by atoms with Crippen LogP contribution in [-0.4, -0.2) is 48.1 Å². The van der Waals surface area contributed by atoms with Crippen molar-refractivity contribution in [3.8, 4) is 5.75 Å². The normalized spacial score (nSPS) is 20.6. The molecule has 0 saturated carbocycles. The molecule has 2 fully saturated rings. The average molecular weight is 407 g/mol. The summed E-state index contributed by atoms with van der Waals surface area (Å²) in [5, 5.41) is 9.40. The van der Waals surface area contributed by atoms with Gasteiger partial charge in [0.1, 0.15) is 18.1 Å². The van der Waals surface area contributed by atoms with E-state index < -0.39 is 5.92 Å². The Bertz CT molecular complexity index is 1100. The van der Waals surface area contributed by atoms with Crippen molar-refractivity contribution in [2.75, 3.05) is 26.2 Å². The SMILES string of the molecule is O=C1CCC(c2noc3ccc4cc(OCCN5CCCCC5)ccc4c23)C(=O)N1. The van der Waals surface area contributed by atoms with E-state index in [-0.39, 0.29) is 11.8 Å². The fourth-order valence-corrected chi connectivity index (χ4v) is 4.53. The molecule has 5 rings (SSSR count). The maximum atomic E-state index is 12.3. The maximum Gasteiger partial charge on any atom is 0.235 e. The zero-order valence-corrected chi connectivity index (χ0v) is 16.9. The number of amides is 2. The molecule has 1 unspecified atom stereocenters. The van der Waals surface area contributed by atoms with E-state index in [2.05, 4.69) is 15.4 Å². The number of aromatic nitrogens is 1. The van der Waals surface area contributed by atoms with E-state index in [0.29, 0.717) is 30.7 Å². The molecule has 3 aromatic rings. The van der Waals surface area contributed by atoms with Crippen LogP contribution in [0.3, 0.4) is 0 Å². The Labute approximate surface area is 174 Å². The van der Waals surface area contributed by atoms with Crippen molar-refractivity contribution in [1.29, 1.82) is 0 Å². The predicted octanol–water partition coefficient (Wildman–Crippen LogP) is 3.37. The lowest BCUT2D eigenvalue weighted by atomic mass is 9.91. The minimum atomic E-state index is -0.477. The molecule has 7 heteroatoms. The maximum absolute atomic E-state index is 12.3. The number of piperidine rings is 2. The van der Waals surface area contributed by atoms with Crippen molar-refractivity contribution in [3.63, 3.8) is 0 Å². The summed E-state index contributed by atoms with van der Waals surface area (Å²) in [5.74, 6) is -0.190. The average Bonchev–Trinajstić information content (AvgIpc) is 3.19. The molecule has 7 nitrogen and oxygen atoms in total. The standard InChI is InChI=1S/C23H25N3O4/c27-20-9-7-18(23(28)24-20)22-21-17-6-5-16(14-15(17)4-8-19(21)30-25-22)29-13-12-26-10-2-1-3-11-26/h4-6,8,14,18H,1-3,7,9-13H2,(H,24,27,28). The Morgan fingerprint density at radius 2 is 2.00 bits per heavy atom. The molecule has 0 radical (unpaired) electrons. The second-order valence-electron chi connectivity index (χ2n) is 8.14. The van der Waals surface area contributed by atoms with Gasteiger partial charge in [0.25, 0.3) is 0 Å². The van der Waals surface area contributed by atoms with Gasteiger partial charge in [-0.1, -0.05) is 17.6 Å². The van der Waals surface area contributed by atoms with Gasteiger partial charge in [0.15, 0.2) is 5.58 Å². The van der Waals surface area contributed by atoms with Crippen molar-refractivity contribution in [2.45, 2.75) is 38.0 Å². The first kappa shape index (κ1) is 19.1. The van der Waals surface area contributed by atoms with Crippen LogP contribution in [0.25, 0.3) is 21.7 Å². The van der Waals surface area contributed by atoms with E-state index in [1.165, 1.54) is 19.3 Å². The number of carbonyl (C=O) groups is 2. The number of carbonyl (C=O) groups excluding carboxylic acids is 2. The molecule has 0 bridgehead atoms. The molecule has 156 valence electrons. The summed E-state index contributed by atoms with van der Waals surface area (Å²) in [7, 11) is 0. The van der Waals surface area contributed by atoms with Gasteiger partial charge in [0.2, 0.25) is 11.8 Å². The van der Waals surface area contributed by atoms with Gasteiger partial charge in [0.05, 0.1) is 11.3 Å². The molecular formula is C23H25N3O4. The van der Waals surface area contributed by atoms with Crippen molar-refractivity contribution in [3.05, 3.63) is 36.0 Å². The van der Waals surface area contributed by atoms with E-state index in [0.717, 1.165) is 41.5 Å². The van der Waals surface area contributed by atoms with Crippen LogP contribution in [0.15, 0.2) is 34.9 Å². The molecule has 1 aromatic heterocycles. The van der Waals surface area contributed by atoms with Crippen LogP contribution in [-0.2, 0) is 9.59 Å². The predicted molar refractivity (Wildman–Crippen MR) is 112 cm³/mol. The first-order valence-corrected chi connectivity index (χ1v) is 10.7. The topological polar surface area (TPSA) is 84.7 Å². The van der Waals surface area contributed by atoms with Gasteiger partial charge in [-0.15, -0.1) is 0 Å². The number of benzene rings is 2. The van der Waals surface area contributed by atoms with Crippen molar-refractivity contribution in [1.82, 2.24) is 15.4 Å². The van der Waals surface area contributed by atoms with E-state index in [1.54, 1.807) is 0 Å². The molecule has 2 aliphatic heterocycles. The molecule has 3 heterocycles. The van der Waals surface area contributed by atoms with Crippen molar-refractivity contribution >= 4 is 33.6 Å². The van der Waals surface area contributed by atoms with Crippen molar-refractivity contribution in [2.24, 2.45) is 0 Å². The summed E-state index contributed by atoms with van der Waals surface area (Å²) in [6.45, 7) is 3.94. The number of rotatable bonds is 5. The van der Waals surface area contributed by atoms with Crippen molar-refractivity contribution < 1.29 is 18.8 Å². The highest BCUT2D eigenvalue weighted by Crippen LogP contribution is 2.36. The van der Waals surface area contributed by atoms with E-state index in [9.17, 15) is 9.59 Å². The smallest absolute Gasteiger partial charge is 0.235 e. The number of fused-ring (bicyclic) bond motifs is 3. The number of imide groups is 1. The molecule has 2 saturated heterocycles. The largest absolute Gasteiger partial charge is 0.492 e. The minimum Gasteiger partial charge on any atom is -0.492 e. The Morgan fingerprint density at radius 3 is 2.83 bits per heavy atom. The van der Waals surface area contributed by atoms with E-state index >= 15 is 0 Å². The highest BCUT2D eigenvalue weighted by molar-refractivity contribution is 6.10. The Hall–Kier alpha value is -2.93. The Kier molecular flexibility index (Phi) is 5.12. The third kappa shape index (κ3) is 3.65. The lowest BCUT2D eigenvalue weighted by Gasteiger charge is -2.26. The summed E-state index contributed by atoms with van der Waals surface area (Å²) in [6, 6.07) is 9.83. The molecule has 1 N–H and O–H groups in total. The molecule has 0 aliphatic carbocycles. The highest BCUT2D eigenvalue weighted by atomic mass is 16.5. The second-order valence-corrected chi connectivity index (χ2v) is 8.14. The monoisotopic (exact) mass is 407 g/mol. The molecule has 30 heavy (non-hydrogen) atoms. The molecule has 1 atom stereocenters. The zero-order chi connectivity index (χ0) is 20.5. The Morgan fingerprint density at radius 1 is 1.13 bits per heavy atom. The summed E-state index contributed by atoms with van der Waals surface area (Å²) >= 11 is 0. The van der Waals surface area contributed by atoms with Gasteiger partial charge < -0.3 is 9.26 Å². The van der Waals surface area contributed by atoms with Gasteiger partial charge in [-0.2, -0.15) is 0 Å². The molecular weight excluding hydrogens is 382 g/mol. The van der Waals surface area contributed by atoms with Crippen LogP contribution in [0.5, 0.6) is 5.75 Å². The van der Waals surface area contributed by atoms with Crippen LogP contribution < -0.4 is 10.1 Å². The lowest BCUT2D eigenvalue weighted by molar-refractivity contribution is -0.134. The first-order chi connectivity index (χ1) is 14.7. The molecule has 2 aromatic carbocycles. The van der Waals surface area contributed by atoms with Gasteiger partial charge >= 0.3 is 0 Å². The quantitative estimate of drug-likeness (QED) is 0.653. The molecule has 0 spiro atoms. The minimum absolute atomic E-state index is 0.236. The summed E-state index contributed by atoms with van der Waals surface area (Å²) in [4.78, 5) is 26.3. The fourth-order valence-electron chi connectivity index (χ4n) is 4.53. The summed E-state index contributed by atoms with van der Waals surface area (Å²) < 4.78 is 11.5. The van der Waals surface area contributed by atoms with Crippen LogP contribution >= 0.6 is 0 Å². The third-order valence-corrected chi connectivity index (χ3v) is 6.15. The number of hydrogen-bond donors (Lipinski definition) is 1. The van der Waals surface area contributed by atoms with E-state index in [1.807, 2.05) is 30.3 Å². The number of ether oxygens (including phenoxy) is 1. The van der Waals surface area contributed by atoms with Gasteiger partial charge in [0, 0.05) is 13.0 Å². The highest BCUT2D eigenvalue weighted by Gasteiger charge is 2.32. The van der Waals surface area contributed by atoms with Gasteiger partial charge in [-0.25, -0.2) is 0 Å². The third-order valence-electron chi connectivity index (χ3n) is 6.15. The van der Waals surface area contributed by atoms with Gasteiger partial charge in [-0.05, 0) is 67.4 Å². The lowest BCUT2D eigenvalue weighted by Crippen LogP contribution is -2.39.